The van der Waals surface area contributed by atoms with Crippen LogP contribution in [0.2, 0.25) is 5.02 Å². The monoisotopic (exact) mass is 390 g/mol. The first-order valence-corrected chi connectivity index (χ1v) is 9.43. The van der Waals surface area contributed by atoms with Gasteiger partial charge in [-0.05, 0) is 54.6 Å². The molecule has 2 aromatic rings. The largest absolute Gasteiger partial charge is 0.331 e. The first kappa shape index (κ1) is 19.2. The maximum atomic E-state index is 13.3. The van der Waals surface area contributed by atoms with Crippen LogP contribution >= 0.6 is 24.0 Å². The molecule has 3 nitrogen and oxygen atoms in total. The molecule has 26 heavy (non-hydrogen) atoms. The van der Waals surface area contributed by atoms with Crippen molar-refractivity contribution >= 4 is 29.9 Å². The fourth-order valence-electron chi connectivity index (χ4n) is 4.05. The number of hydrogen-bond acceptors (Lipinski definition) is 2. The maximum Gasteiger partial charge on any atom is 0.227 e. The van der Waals surface area contributed by atoms with Crippen molar-refractivity contribution < 1.29 is 4.79 Å². The van der Waals surface area contributed by atoms with Gasteiger partial charge in [-0.25, -0.2) is 0 Å². The zero-order valence-corrected chi connectivity index (χ0v) is 16.2. The Balaban J connectivity index is 0.00000196. The van der Waals surface area contributed by atoms with E-state index in [1.165, 1.54) is 16.7 Å². The van der Waals surface area contributed by atoms with Crippen LogP contribution in [0.25, 0.3) is 0 Å². The average Bonchev–Trinajstić information content (AvgIpc) is 2.67. The number of benzene rings is 2. The van der Waals surface area contributed by atoms with Crippen LogP contribution in [0.15, 0.2) is 48.5 Å². The minimum absolute atomic E-state index is 0. The predicted molar refractivity (Wildman–Crippen MR) is 108 cm³/mol. The summed E-state index contributed by atoms with van der Waals surface area (Å²) in [5.74, 6) is 0.354. The van der Waals surface area contributed by atoms with Crippen molar-refractivity contribution in [2.75, 3.05) is 13.1 Å². The summed E-state index contributed by atoms with van der Waals surface area (Å²) in [6.07, 6.45) is 2.90. The van der Waals surface area contributed by atoms with Crippen molar-refractivity contribution in [1.29, 1.82) is 0 Å². The van der Waals surface area contributed by atoms with Crippen LogP contribution in [0.4, 0.5) is 0 Å². The smallest absolute Gasteiger partial charge is 0.227 e. The molecule has 0 aromatic heterocycles. The Labute approximate surface area is 166 Å². The van der Waals surface area contributed by atoms with E-state index in [0.29, 0.717) is 6.54 Å². The molecule has 1 amide bonds. The predicted octanol–water partition coefficient (Wildman–Crippen LogP) is 4.39. The zero-order valence-electron chi connectivity index (χ0n) is 14.7. The number of carbonyl (C=O) groups excluding carboxylic acids is 1. The summed E-state index contributed by atoms with van der Waals surface area (Å²) in [5.41, 5.74) is 3.68. The van der Waals surface area contributed by atoms with E-state index in [-0.39, 0.29) is 30.3 Å². The lowest BCUT2D eigenvalue weighted by Crippen LogP contribution is -2.46. The third kappa shape index (κ3) is 3.90. The Morgan fingerprint density at radius 2 is 1.92 bits per heavy atom. The summed E-state index contributed by atoms with van der Waals surface area (Å²) in [6.45, 7) is 2.45. The number of piperidine rings is 1. The number of rotatable bonds is 2. The zero-order chi connectivity index (χ0) is 17.2. The number of fused-ring (bicyclic) bond motifs is 1. The van der Waals surface area contributed by atoms with Crippen LogP contribution in [-0.4, -0.2) is 23.9 Å². The average molecular weight is 391 g/mol. The van der Waals surface area contributed by atoms with Gasteiger partial charge in [-0.2, -0.15) is 0 Å². The molecule has 2 aliphatic heterocycles. The number of hydrogen-bond donors (Lipinski definition) is 1. The Hall–Kier alpha value is -1.55. The van der Waals surface area contributed by atoms with Gasteiger partial charge in [0, 0.05) is 18.1 Å². The molecule has 138 valence electrons. The number of nitrogens with zero attached hydrogens (tertiary/aromatic N) is 1. The molecule has 1 saturated heterocycles. The summed E-state index contributed by atoms with van der Waals surface area (Å²) >= 11 is 6.19. The highest BCUT2D eigenvalue weighted by molar-refractivity contribution is 6.30. The van der Waals surface area contributed by atoms with E-state index >= 15 is 0 Å². The first-order chi connectivity index (χ1) is 12.2. The molecule has 2 unspecified atom stereocenters. The van der Waals surface area contributed by atoms with Gasteiger partial charge in [0.05, 0.1) is 12.0 Å². The van der Waals surface area contributed by atoms with Gasteiger partial charge in [0.2, 0.25) is 5.91 Å². The Bertz CT molecular complexity index is 760. The second kappa shape index (κ2) is 8.43. The van der Waals surface area contributed by atoms with Crippen LogP contribution in [0, 0.1) is 5.92 Å². The Morgan fingerprint density at radius 3 is 2.65 bits per heavy atom. The highest BCUT2D eigenvalue weighted by Gasteiger charge is 2.34. The fraction of sp³-hybridized carbons (Fsp3) is 0.381. The van der Waals surface area contributed by atoms with Crippen molar-refractivity contribution in [2.24, 2.45) is 5.92 Å². The lowest BCUT2D eigenvalue weighted by molar-refractivity contribution is -0.140. The van der Waals surface area contributed by atoms with Crippen molar-refractivity contribution in [3.8, 4) is 0 Å². The summed E-state index contributed by atoms with van der Waals surface area (Å²) < 4.78 is 0. The highest BCUT2D eigenvalue weighted by atomic mass is 35.5. The molecule has 2 aliphatic rings. The molecule has 2 atom stereocenters. The minimum Gasteiger partial charge on any atom is -0.331 e. The van der Waals surface area contributed by atoms with Crippen LogP contribution in [-0.2, 0) is 17.8 Å². The van der Waals surface area contributed by atoms with E-state index in [1.807, 2.05) is 18.2 Å². The minimum atomic E-state index is 0. The standard InChI is InChI=1S/C21H23ClN2O.ClH/c22-19-9-8-16-12-20(15-5-2-1-3-6-15)24(14-18(16)11-19)21(25)17-7-4-10-23-13-17;/h1-3,5-6,8-9,11,17,20,23H,4,7,10,12-14H2;1H. The molecule has 4 rings (SSSR count). The molecule has 2 aromatic carbocycles. The van der Waals surface area contributed by atoms with Crippen molar-refractivity contribution in [3.63, 3.8) is 0 Å². The van der Waals surface area contributed by atoms with Gasteiger partial charge in [0.15, 0.2) is 0 Å². The molecular formula is C21H24Cl2N2O. The molecule has 1 N–H and O–H groups in total. The molecule has 0 spiro atoms. The topological polar surface area (TPSA) is 32.3 Å². The van der Waals surface area contributed by atoms with Gasteiger partial charge in [-0.3, -0.25) is 4.79 Å². The van der Waals surface area contributed by atoms with Gasteiger partial charge < -0.3 is 10.2 Å². The third-order valence-electron chi connectivity index (χ3n) is 5.41. The molecule has 0 saturated carbocycles. The molecular weight excluding hydrogens is 367 g/mol. The third-order valence-corrected chi connectivity index (χ3v) is 5.65. The van der Waals surface area contributed by atoms with E-state index in [1.54, 1.807) is 0 Å². The molecule has 0 bridgehead atoms. The highest BCUT2D eigenvalue weighted by Crippen LogP contribution is 2.35. The lowest BCUT2D eigenvalue weighted by atomic mass is 9.88. The van der Waals surface area contributed by atoms with Gasteiger partial charge >= 0.3 is 0 Å². The van der Waals surface area contributed by atoms with Crippen LogP contribution in [0.5, 0.6) is 0 Å². The summed E-state index contributed by atoms with van der Waals surface area (Å²) in [7, 11) is 0. The van der Waals surface area contributed by atoms with E-state index < -0.39 is 0 Å². The molecule has 2 heterocycles. The van der Waals surface area contributed by atoms with Crippen LogP contribution in [0.1, 0.15) is 35.6 Å². The number of amides is 1. The van der Waals surface area contributed by atoms with E-state index in [0.717, 1.165) is 37.4 Å². The Morgan fingerprint density at radius 1 is 1.12 bits per heavy atom. The Kier molecular flexibility index (Phi) is 6.23. The quantitative estimate of drug-likeness (QED) is 0.824. The van der Waals surface area contributed by atoms with Crippen molar-refractivity contribution in [2.45, 2.75) is 31.8 Å². The molecule has 0 aliphatic carbocycles. The number of carbonyl (C=O) groups is 1. The van der Waals surface area contributed by atoms with Gasteiger partial charge in [-0.1, -0.05) is 48.0 Å². The van der Waals surface area contributed by atoms with Crippen LogP contribution < -0.4 is 5.32 Å². The van der Waals surface area contributed by atoms with Crippen molar-refractivity contribution in [3.05, 3.63) is 70.2 Å². The SMILES string of the molecule is Cl.O=C(C1CCCNC1)N1Cc2cc(Cl)ccc2CC1c1ccccc1. The van der Waals surface area contributed by atoms with E-state index in [4.69, 9.17) is 11.6 Å². The van der Waals surface area contributed by atoms with Gasteiger partial charge in [-0.15, -0.1) is 12.4 Å². The second-order valence-corrected chi connectivity index (χ2v) is 7.49. The van der Waals surface area contributed by atoms with E-state index in [2.05, 4.69) is 40.5 Å². The molecule has 1 fully saturated rings. The van der Waals surface area contributed by atoms with Crippen LogP contribution in [0.3, 0.4) is 0 Å². The molecule has 0 radical (unpaired) electrons. The van der Waals surface area contributed by atoms with Crippen molar-refractivity contribution in [1.82, 2.24) is 10.2 Å². The normalized spacial score (nSPS) is 22.3. The molecule has 5 heteroatoms. The van der Waals surface area contributed by atoms with E-state index in [9.17, 15) is 4.79 Å². The number of halogens is 2. The summed E-state index contributed by atoms with van der Waals surface area (Å²) in [5, 5.41) is 4.11. The fourth-order valence-corrected chi connectivity index (χ4v) is 4.25. The first-order valence-electron chi connectivity index (χ1n) is 9.06. The van der Waals surface area contributed by atoms with Gasteiger partial charge in [0.25, 0.3) is 0 Å². The van der Waals surface area contributed by atoms with Gasteiger partial charge in [0.1, 0.15) is 0 Å². The summed E-state index contributed by atoms with van der Waals surface area (Å²) in [6, 6.07) is 16.6. The lowest BCUT2D eigenvalue weighted by Gasteiger charge is -2.40. The summed E-state index contributed by atoms with van der Waals surface area (Å²) in [4.78, 5) is 15.4. The maximum absolute atomic E-state index is 13.3. The second-order valence-electron chi connectivity index (χ2n) is 7.05. The number of nitrogens with one attached hydrogen (secondary N) is 1.